The van der Waals surface area contributed by atoms with Crippen LogP contribution in [0, 0.1) is 0 Å². The lowest BCUT2D eigenvalue weighted by atomic mass is 9.91. The molecular formula is C24H26O4. The van der Waals surface area contributed by atoms with Crippen LogP contribution in [0.4, 0.5) is 0 Å². The highest BCUT2D eigenvalue weighted by Gasteiger charge is 2.30. The quantitative estimate of drug-likeness (QED) is 0.609. The number of benzene rings is 3. The third kappa shape index (κ3) is 4.91. The lowest BCUT2D eigenvalue weighted by Gasteiger charge is -2.28. The normalized spacial score (nSPS) is 14.1. The summed E-state index contributed by atoms with van der Waals surface area (Å²) in [5.74, 6) is 1.11. The van der Waals surface area contributed by atoms with E-state index in [2.05, 4.69) is 0 Å². The maximum absolute atomic E-state index is 10.6. The van der Waals surface area contributed by atoms with Gasteiger partial charge in [0.1, 0.15) is 18.8 Å². The molecule has 3 aromatic carbocycles. The smallest absolute Gasteiger partial charge is 0.162 e. The summed E-state index contributed by atoms with van der Waals surface area (Å²) in [5.41, 5.74) is 1.27. The average Bonchev–Trinajstić information content (AvgIpc) is 2.72. The Kier molecular flexibility index (Phi) is 6.34. The molecule has 0 saturated heterocycles. The van der Waals surface area contributed by atoms with E-state index in [-0.39, 0.29) is 0 Å². The molecule has 0 aliphatic heterocycles. The number of ether oxygens (including phenoxy) is 2. The lowest BCUT2D eigenvalue weighted by Crippen LogP contribution is -2.34. The highest BCUT2D eigenvalue weighted by atomic mass is 16.5. The molecular weight excluding hydrogens is 352 g/mol. The molecule has 4 heteroatoms. The van der Waals surface area contributed by atoms with Crippen molar-refractivity contribution in [1.29, 1.82) is 0 Å². The second-order valence-corrected chi connectivity index (χ2v) is 7.03. The molecule has 0 aromatic heterocycles. The van der Waals surface area contributed by atoms with E-state index in [0.29, 0.717) is 30.3 Å². The Morgan fingerprint density at radius 3 is 1.79 bits per heavy atom. The van der Waals surface area contributed by atoms with Gasteiger partial charge in [0.05, 0.1) is 6.10 Å². The molecule has 0 bridgehead atoms. The molecule has 2 N–H and O–H groups in total. The molecule has 2 unspecified atom stereocenters. The van der Waals surface area contributed by atoms with Crippen molar-refractivity contribution in [3.8, 4) is 11.5 Å². The van der Waals surface area contributed by atoms with Crippen LogP contribution in [0.15, 0.2) is 78.9 Å². The van der Waals surface area contributed by atoms with Crippen molar-refractivity contribution < 1.29 is 19.7 Å². The van der Waals surface area contributed by atoms with E-state index in [1.807, 2.05) is 60.7 Å². The van der Waals surface area contributed by atoms with Crippen molar-refractivity contribution in [2.45, 2.75) is 38.8 Å². The van der Waals surface area contributed by atoms with E-state index in [1.54, 1.807) is 32.0 Å². The van der Waals surface area contributed by atoms with Gasteiger partial charge in [-0.05, 0) is 42.7 Å². The fourth-order valence-corrected chi connectivity index (χ4v) is 2.77. The molecule has 4 nitrogen and oxygen atoms in total. The number of hydrogen-bond donors (Lipinski definition) is 2. The van der Waals surface area contributed by atoms with Crippen LogP contribution < -0.4 is 9.47 Å². The Morgan fingerprint density at radius 1 is 0.786 bits per heavy atom. The summed E-state index contributed by atoms with van der Waals surface area (Å²) in [7, 11) is 0. The van der Waals surface area contributed by atoms with Gasteiger partial charge in [-0.3, -0.25) is 0 Å². The maximum Gasteiger partial charge on any atom is 0.162 e. The number of rotatable bonds is 8. The largest absolute Gasteiger partial charge is 0.485 e. The summed E-state index contributed by atoms with van der Waals surface area (Å²) < 4.78 is 12.0. The highest BCUT2D eigenvalue weighted by Crippen LogP contribution is 2.35. The van der Waals surface area contributed by atoms with Crippen LogP contribution in [-0.2, 0) is 18.8 Å². The fourth-order valence-electron chi connectivity index (χ4n) is 2.77. The van der Waals surface area contributed by atoms with Gasteiger partial charge in [0.2, 0.25) is 0 Å². The molecule has 0 heterocycles. The number of hydrogen-bond acceptors (Lipinski definition) is 4. The zero-order valence-corrected chi connectivity index (χ0v) is 16.2. The van der Waals surface area contributed by atoms with E-state index in [0.717, 1.165) is 11.1 Å². The Morgan fingerprint density at radius 2 is 1.29 bits per heavy atom. The number of aliphatic hydroxyl groups excluding tert-OH is 1. The van der Waals surface area contributed by atoms with Gasteiger partial charge in [-0.25, -0.2) is 0 Å². The van der Waals surface area contributed by atoms with Gasteiger partial charge in [-0.15, -0.1) is 0 Å². The predicted octanol–water partition coefficient (Wildman–Crippen LogP) is 4.43. The number of aliphatic hydroxyl groups is 2. The molecule has 2 atom stereocenters. The van der Waals surface area contributed by atoms with Crippen LogP contribution in [-0.4, -0.2) is 16.3 Å². The van der Waals surface area contributed by atoms with E-state index in [1.165, 1.54) is 0 Å². The Labute approximate surface area is 166 Å². The first-order chi connectivity index (χ1) is 13.5. The van der Waals surface area contributed by atoms with Gasteiger partial charge in [0, 0.05) is 0 Å². The molecule has 0 spiro atoms. The first kappa shape index (κ1) is 19.9. The van der Waals surface area contributed by atoms with Crippen molar-refractivity contribution >= 4 is 0 Å². The molecule has 0 aliphatic carbocycles. The Hall–Kier alpha value is -2.82. The molecule has 0 aliphatic rings. The van der Waals surface area contributed by atoms with Gasteiger partial charge in [-0.2, -0.15) is 0 Å². The van der Waals surface area contributed by atoms with Crippen LogP contribution in [0.25, 0.3) is 0 Å². The van der Waals surface area contributed by atoms with Crippen molar-refractivity contribution in [2.75, 3.05) is 0 Å². The topological polar surface area (TPSA) is 58.9 Å². The average molecular weight is 378 g/mol. The van der Waals surface area contributed by atoms with E-state index < -0.39 is 11.7 Å². The summed E-state index contributed by atoms with van der Waals surface area (Å²) in [6.45, 7) is 3.93. The fraction of sp³-hybridized carbons (Fsp3) is 0.250. The second-order valence-electron chi connectivity index (χ2n) is 7.03. The first-order valence-corrected chi connectivity index (χ1v) is 9.35. The van der Waals surface area contributed by atoms with Gasteiger partial charge in [-0.1, -0.05) is 66.7 Å². The first-order valence-electron chi connectivity index (χ1n) is 9.35. The third-order valence-corrected chi connectivity index (χ3v) is 4.82. The SMILES string of the molecule is CC(O)C(C)(O)c1ccc(OCc2ccccc2)c(OCc2ccccc2)c1. The van der Waals surface area contributed by atoms with Crippen LogP contribution >= 0.6 is 0 Å². The van der Waals surface area contributed by atoms with Crippen LogP contribution in [0.5, 0.6) is 11.5 Å². The standard InChI is InChI=1S/C24H26O4/c1-18(25)24(2,26)21-13-14-22(27-16-19-9-5-3-6-10-19)23(15-21)28-17-20-11-7-4-8-12-20/h3-15,18,25-26H,16-17H2,1-2H3. The van der Waals surface area contributed by atoms with Crippen LogP contribution in [0.2, 0.25) is 0 Å². The molecule has 146 valence electrons. The minimum absolute atomic E-state index is 0.378. The van der Waals surface area contributed by atoms with Gasteiger partial charge >= 0.3 is 0 Å². The van der Waals surface area contributed by atoms with Gasteiger partial charge in [0.15, 0.2) is 11.5 Å². The molecule has 0 saturated carbocycles. The minimum atomic E-state index is -1.39. The molecule has 3 rings (SSSR count). The van der Waals surface area contributed by atoms with E-state index in [4.69, 9.17) is 9.47 Å². The lowest BCUT2D eigenvalue weighted by molar-refractivity contribution is -0.0571. The van der Waals surface area contributed by atoms with Gasteiger partial charge < -0.3 is 19.7 Å². The predicted molar refractivity (Wildman–Crippen MR) is 109 cm³/mol. The van der Waals surface area contributed by atoms with Crippen molar-refractivity contribution in [2.24, 2.45) is 0 Å². The van der Waals surface area contributed by atoms with E-state index in [9.17, 15) is 10.2 Å². The summed E-state index contributed by atoms with van der Waals surface area (Å²) in [5, 5.41) is 20.6. The minimum Gasteiger partial charge on any atom is -0.485 e. The van der Waals surface area contributed by atoms with Crippen molar-refractivity contribution in [1.82, 2.24) is 0 Å². The highest BCUT2D eigenvalue weighted by molar-refractivity contribution is 5.45. The summed E-state index contributed by atoms with van der Waals surface area (Å²) in [4.78, 5) is 0. The van der Waals surface area contributed by atoms with Crippen molar-refractivity contribution in [3.63, 3.8) is 0 Å². The summed E-state index contributed by atoms with van der Waals surface area (Å²) in [6.07, 6.45) is -0.925. The molecule has 0 radical (unpaired) electrons. The monoisotopic (exact) mass is 378 g/mol. The molecule has 28 heavy (non-hydrogen) atoms. The molecule has 0 amide bonds. The van der Waals surface area contributed by atoms with Gasteiger partial charge in [0.25, 0.3) is 0 Å². The maximum atomic E-state index is 10.6. The third-order valence-electron chi connectivity index (χ3n) is 4.82. The Balaban J connectivity index is 1.84. The van der Waals surface area contributed by atoms with E-state index >= 15 is 0 Å². The zero-order chi connectivity index (χ0) is 20.0. The van der Waals surface area contributed by atoms with Crippen LogP contribution in [0.1, 0.15) is 30.5 Å². The molecule has 0 fully saturated rings. The zero-order valence-electron chi connectivity index (χ0n) is 16.2. The van der Waals surface area contributed by atoms with Crippen molar-refractivity contribution in [3.05, 3.63) is 95.6 Å². The Bertz CT molecular complexity index is 874. The summed E-state index contributed by atoms with van der Waals surface area (Å²) >= 11 is 0. The summed E-state index contributed by atoms with van der Waals surface area (Å²) in [6, 6.07) is 25.0. The molecule has 3 aromatic rings. The second kappa shape index (κ2) is 8.91. The van der Waals surface area contributed by atoms with Crippen LogP contribution in [0.3, 0.4) is 0 Å².